The van der Waals surface area contributed by atoms with Crippen LogP contribution in [0.1, 0.15) is 22.8 Å². The topological polar surface area (TPSA) is 64.6 Å². The summed E-state index contributed by atoms with van der Waals surface area (Å²) >= 11 is 11.7. The fourth-order valence-corrected chi connectivity index (χ4v) is 2.56. The Labute approximate surface area is 155 Å². The van der Waals surface area contributed by atoms with Crippen molar-refractivity contribution in [3.63, 3.8) is 0 Å². The van der Waals surface area contributed by atoms with Gasteiger partial charge in [0.25, 0.3) is 5.91 Å². The van der Waals surface area contributed by atoms with Crippen LogP contribution in [-0.2, 0) is 16.1 Å². The van der Waals surface area contributed by atoms with E-state index < -0.39 is 18.0 Å². The van der Waals surface area contributed by atoms with Crippen LogP contribution in [0.3, 0.4) is 0 Å². The summed E-state index contributed by atoms with van der Waals surface area (Å²) in [7, 11) is 1.58. The van der Waals surface area contributed by atoms with Crippen LogP contribution in [0.5, 0.6) is 5.75 Å². The van der Waals surface area contributed by atoms with Gasteiger partial charge in [-0.1, -0.05) is 35.3 Å². The fraction of sp³-hybridized carbons (Fsp3) is 0.222. The number of carbonyl (C=O) groups excluding carboxylic acids is 2. The zero-order valence-electron chi connectivity index (χ0n) is 13.7. The Hall–Kier alpha value is -2.24. The SMILES string of the molecule is COc1ccc(CNC(=O)[C@@H](C)OC(=O)c2cc(Cl)cc(Cl)c2)cc1. The third kappa shape index (κ3) is 5.66. The average molecular weight is 382 g/mol. The van der Waals surface area contributed by atoms with Gasteiger partial charge < -0.3 is 14.8 Å². The molecule has 0 heterocycles. The first-order valence-corrected chi connectivity index (χ1v) is 8.22. The van der Waals surface area contributed by atoms with Gasteiger partial charge in [0.1, 0.15) is 5.75 Å². The van der Waals surface area contributed by atoms with Gasteiger partial charge >= 0.3 is 5.97 Å². The van der Waals surface area contributed by atoms with Crippen molar-refractivity contribution in [3.05, 3.63) is 63.6 Å². The summed E-state index contributed by atoms with van der Waals surface area (Å²) in [5.41, 5.74) is 1.08. The van der Waals surface area contributed by atoms with Crippen LogP contribution >= 0.6 is 23.2 Å². The molecule has 1 atom stereocenters. The number of methoxy groups -OCH3 is 1. The van der Waals surface area contributed by atoms with E-state index in [0.29, 0.717) is 16.6 Å². The molecule has 1 N–H and O–H groups in total. The van der Waals surface area contributed by atoms with Gasteiger partial charge in [0.05, 0.1) is 12.7 Å². The lowest BCUT2D eigenvalue weighted by Gasteiger charge is -2.14. The smallest absolute Gasteiger partial charge is 0.339 e. The molecule has 0 spiro atoms. The maximum absolute atomic E-state index is 12.1. The summed E-state index contributed by atoms with van der Waals surface area (Å²) in [6, 6.07) is 11.6. The molecule has 0 bridgehead atoms. The molecule has 5 nitrogen and oxygen atoms in total. The summed E-state index contributed by atoms with van der Waals surface area (Å²) in [5, 5.41) is 3.34. The zero-order valence-corrected chi connectivity index (χ0v) is 15.2. The number of ether oxygens (including phenoxy) is 2. The lowest BCUT2D eigenvalue weighted by molar-refractivity contribution is -0.129. The lowest BCUT2D eigenvalue weighted by atomic mass is 10.2. The second-order valence-corrected chi connectivity index (χ2v) is 6.14. The van der Waals surface area contributed by atoms with E-state index in [2.05, 4.69) is 5.32 Å². The van der Waals surface area contributed by atoms with Gasteiger partial charge in [-0.3, -0.25) is 4.79 Å². The Balaban J connectivity index is 1.89. The second-order valence-electron chi connectivity index (χ2n) is 5.27. The number of hydrogen-bond donors (Lipinski definition) is 1. The maximum Gasteiger partial charge on any atom is 0.339 e. The van der Waals surface area contributed by atoms with Gasteiger partial charge in [0, 0.05) is 16.6 Å². The van der Waals surface area contributed by atoms with Gasteiger partial charge in [0.2, 0.25) is 0 Å². The summed E-state index contributed by atoms with van der Waals surface area (Å²) in [4.78, 5) is 24.2. The molecular formula is C18H17Cl2NO4. The van der Waals surface area contributed by atoms with Crippen molar-refractivity contribution in [2.75, 3.05) is 7.11 Å². The van der Waals surface area contributed by atoms with Crippen LogP contribution in [0.15, 0.2) is 42.5 Å². The van der Waals surface area contributed by atoms with Crippen LogP contribution in [0.2, 0.25) is 10.0 Å². The van der Waals surface area contributed by atoms with Crippen molar-refractivity contribution in [1.82, 2.24) is 5.32 Å². The summed E-state index contributed by atoms with van der Waals surface area (Å²) in [6.45, 7) is 1.81. The zero-order chi connectivity index (χ0) is 18.4. The van der Waals surface area contributed by atoms with Crippen LogP contribution in [0, 0.1) is 0 Å². The van der Waals surface area contributed by atoms with E-state index in [4.69, 9.17) is 32.7 Å². The highest BCUT2D eigenvalue weighted by atomic mass is 35.5. The van der Waals surface area contributed by atoms with Crippen LogP contribution in [0.4, 0.5) is 0 Å². The molecule has 2 rings (SSSR count). The minimum Gasteiger partial charge on any atom is -0.497 e. The molecule has 0 aromatic heterocycles. The largest absolute Gasteiger partial charge is 0.497 e. The Morgan fingerprint density at radius 3 is 2.24 bits per heavy atom. The van der Waals surface area contributed by atoms with Crippen LogP contribution in [0.25, 0.3) is 0 Å². The van der Waals surface area contributed by atoms with Crippen molar-refractivity contribution < 1.29 is 19.1 Å². The normalized spacial score (nSPS) is 11.5. The molecule has 0 unspecified atom stereocenters. The maximum atomic E-state index is 12.1. The molecule has 1 amide bonds. The van der Waals surface area contributed by atoms with E-state index in [-0.39, 0.29) is 5.56 Å². The van der Waals surface area contributed by atoms with E-state index in [0.717, 1.165) is 11.3 Å². The predicted molar refractivity (Wildman–Crippen MR) is 96.2 cm³/mol. The van der Waals surface area contributed by atoms with E-state index in [1.54, 1.807) is 19.2 Å². The van der Waals surface area contributed by atoms with Gasteiger partial charge in [-0.05, 0) is 42.8 Å². The van der Waals surface area contributed by atoms with Gasteiger partial charge in [-0.15, -0.1) is 0 Å². The predicted octanol–water partition coefficient (Wildman–Crippen LogP) is 3.86. The number of benzene rings is 2. The quantitative estimate of drug-likeness (QED) is 0.771. The Morgan fingerprint density at radius 2 is 1.68 bits per heavy atom. The third-order valence-electron chi connectivity index (χ3n) is 3.38. The molecule has 7 heteroatoms. The third-order valence-corrected chi connectivity index (χ3v) is 3.81. The number of halogens is 2. The summed E-state index contributed by atoms with van der Waals surface area (Å²) < 4.78 is 10.2. The van der Waals surface area contributed by atoms with Crippen molar-refractivity contribution >= 4 is 35.1 Å². The first-order valence-electron chi connectivity index (χ1n) is 7.46. The second kappa shape index (κ2) is 8.74. The monoisotopic (exact) mass is 381 g/mol. The Bertz CT molecular complexity index is 742. The molecule has 132 valence electrons. The number of nitrogens with one attached hydrogen (secondary N) is 1. The fourth-order valence-electron chi connectivity index (χ4n) is 2.03. The standard InChI is InChI=1S/C18H17Cl2NO4/c1-11(25-18(23)13-7-14(19)9-15(20)8-13)17(22)21-10-12-3-5-16(24-2)6-4-12/h3-9,11H,10H2,1-2H3,(H,21,22)/t11-/m1/s1. The molecule has 0 aliphatic rings. The van der Waals surface area contributed by atoms with E-state index in [1.165, 1.54) is 25.1 Å². The van der Waals surface area contributed by atoms with Gasteiger partial charge in [0.15, 0.2) is 6.10 Å². The summed E-state index contributed by atoms with van der Waals surface area (Å²) in [5.74, 6) is -0.341. The average Bonchev–Trinajstić information content (AvgIpc) is 2.59. The van der Waals surface area contributed by atoms with Gasteiger partial charge in [-0.2, -0.15) is 0 Å². The Kier molecular flexibility index (Phi) is 6.67. The molecule has 25 heavy (non-hydrogen) atoms. The molecule has 0 saturated heterocycles. The van der Waals surface area contributed by atoms with Crippen molar-refractivity contribution in [1.29, 1.82) is 0 Å². The van der Waals surface area contributed by atoms with Crippen LogP contribution < -0.4 is 10.1 Å². The minimum atomic E-state index is -0.955. The molecule has 2 aromatic rings. The lowest BCUT2D eigenvalue weighted by Crippen LogP contribution is -2.35. The van der Waals surface area contributed by atoms with Crippen LogP contribution in [-0.4, -0.2) is 25.1 Å². The minimum absolute atomic E-state index is 0.187. The highest BCUT2D eigenvalue weighted by molar-refractivity contribution is 6.35. The van der Waals surface area contributed by atoms with Crippen molar-refractivity contribution in [2.45, 2.75) is 19.6 Å². The highest BCUT2D eigenvalue weighted by Gasteiger charge is 2.19. The number of amides is 1. The number of rotatable bonds is 6. The van der Waals surface area contributed by atoms with E-state index >= 15 is 0 Å². The first kappa shape index (κ1) is 19.1. The molecule has 2 aromatic carbocycles. The van der Waals surface area contributed by atoms with Gasteiger partial charge in [-0.25, -0.2) is 4.79 Å². The molecular weight excluding hydrogens is 365 g/mol. The highest BCUT2D eigenvalue weighted by Crippen LogP contribution is 2.20. The van der Waals surface area contributed by atoms with E-state index in [9.17, 15) is 9.59 Å². The molecule has 0 radical (unpaired) electrons. The van der Waals surface area contributed by atoms with E-state index in [1.807, 2.05) is 12.1 Å². The number of carbonyl (C=O) groups is 2. The molecule has 0 aliphatic heterocycles. The summed E-state index contributed by atoms with van der Waals surface area (Å²) in [6.07, 6.45) is -0.955. The first-order chi connectivity index (χ1) is 11.9. The number of hydrogen-bond acceptors (Lipinski definition) is 4. The van der Waals surface area contributed by atoms with Crippen molar-refractivity contribution in [3.8, 4) is 5.75 Å². The molecule has 0 aliphatic carbocycles. The molecule has 0 fully saturated rings. The van der Waals surface area contributed by atoms with Crippen molar-refractivity contribution in [2.24, 2.45) is 0 Å². The number of esters is 1. The molecule has 0 saturated carbocycles. The Morgan fingerprint density at radius 1 is 1.08 bits per heavy atom.